The molecule has 2 fully saturated rings. The van der Waals surface area contributed by atoms with Crippen molar-refractivity contribution in [2.75, 3.05) is 11.9 Å². The van der Waals surface area contributed by atoms with Gasteiger partial charge in [-0.05, 0) is 25.0 Å². The van der Waals surface area contributed by atoms with Crippen LogP contribution in [0.1, 0.15) is 25.7 Å². The summed E-state index contributed by atoms with van der Waals surface area (Å²) in [5, 5.41) is 13.3. The summed E-state index contributed by atoms with van der Waals surface area (Å²) in [7, 11) is 0. The highest BCUT2D eigenvalue weighted by molar-refractivity contribution is 6.32. The summed E-state index contributed by atoms with van der Waals surface area (Å²) in [5.74, 6) is -1.81. The molecule has 8 nitrogen and oxygen atoms in total. The van der Waals surface area contributed by atoms with Crippen molar-refractivity contribution in [3.63, 3.8) is 0 Å². The SMILES string of the molecule is O=C(CN1C(=O)C2CCCCC2C1=O)Nc1ccc(Cl)c([N+](=O)[O-])c1. The van der Waals surface area contributed by atoms with Crippen LogP contribution in [-0.2, 0) is 14.4 Å². The Bertz CT molecular complexity index is 742. The van der Waals surface area contributed by atoms with E-state index in [-0.39, 0.29) is 46.6 Å². The first-order valence-corrected chi connectivity index (χ1v) is 8.35. The fourth-order valence-electron chi connectivity index (χ4n) is 3.46. The van der Waals surface area contributed by atoms with Crippen molar-refractivity contribution < 1.29 is 19.3 Å². The number of nitrogens with zero attached hydrogens (tertiary/aromatic N) is 2. The Morgan fingerprint density at radius 3 is 2.40 bits per heavy atom. The highest BCUT2D eigenvalue weighted by Crippen LogP contribution is 2.37. The summed E-state index contributed by atoms with van der Waals surface area (Å²) in [6.07, 6.45) is 3.18. The zero-order valence-electron chi connectivity index (χ0n) is 13.2. The van der Waals surface area contributed by atoms with E-state index in [1.54, 1.807) is 0 Å². The van der Waals surface area contributed by atoms with E-state index >= 15 is 0 Å². The average Bonchev–Trinajstić information content (AvgIpc) is 2.82. The van der Waals surface area contributed by atoms with Crippen LogP contribution in [0.3, 0.4) is 0 Å². The molecule has 132 valence electrons. The topological polar surface area (TPSA) is 110 Å². The monoisotopic (exact) mass is 365 g/mol. The second-order valence-electron chi connectivity index (χ2n) is 6.23. The molecule has 2 atom stereocenters. The fourth-order valence-corrected chi connectivity index (χ4v) is 3.65. The third-order valence-corrected chi connectivity index (χ3v) is 4.98. The Morgan fingerprint density at radius 1 is 1.24 bits per heavy atom. The Morgan fingerprint density at radius 2 is 1.84 bits per heavy atom. The van der Waals surface area contributed by atoms with Crippen molar-refractivity contribution in [3.8, 4) is 0 Å². The third-order valence-electron chi connectivity index (χ3n) is 4.66. The summed E-state index contributed by atoms with van der Waals surface area (Å²) in [6, 6.07) is 3.85. The Hall–Kier alpha value is -2.48. The molecule has 2 aliphatic rings. The first-order chi connectivity index (χ1) is 11.9. The van der Waals surface area contributed by atoms with Crippen molar-refractivity contribution >= 4 is 40.7 Å². The number of hydrogen-bond acceptors (Lipinski definition) is 5. The summed E-state index contributed by atoms with van der Waals surface area (Å²) >= 11 is 5.72. The number of nitro benzene ring substituents is 1. The van der Waals surface area contributed by atoms with E-state index in [1.165, 1.54) is 12.1 Å². The molecule has 1 N–H and O–H groups in total. The van der Waals surface area contributed by atoms with E-state index in [0.29, 0.717) is 12.8 Å². The molecule has 0 radical (unpaired) electrons. The molecule has 25 heavy (non-hydrogen) atoms. The van der Waals surface area contributed by atoms with Crippen LogP contribution in [-0.4, -0.2) is 34.1 Å². The molecule has 0 spiro atoms. The maximum atomic E-state index is 12.3. The Kier molecular flexibility index (Phi) is 4.71. The number of anilines is 1. The lowest BCUT2D eigenvalue weighted by molar-refractivity contribution is -0.384. The molecule has 3 rings (SSSR count). The van der Waals surface area contributed by atoms with Gasteiger partial charge in [-0.2, -0.15) is 0 Å². The van der Waals surface area contributed by atoms with Crippen LogP contribution >= 0.6 is 11.6 Å². The molecule has 2 unspecified atom stereocenters. The molecular weight excluding hydrogens is 350 g/mol. The van der Waals surface area contributed by atoms with Gasteiger partial charge in [0.25, 0.3) is 5.69 Å². The third kappa shape index (κ3) is 3.34. The van der Waals surface area contributed by atoms with Crippen LogP contribution in [0.4, 0.5) is 11.4 Å². The van der Waals surface area contributed by atoms with Gasteiger partial charge in [0.05, 0.1) is 16.8 Å². The summed E-state index contributed by atoms with van der Waals surface area (Å²) in [4.78, 5) is 48.1. The second kappa shape index (κ2) is 6.79. The number of hydrogen-bond donors (Lipinski definition) is 1. The van der Waals surface area contributed by atoms with E-state index in [1.807, 2.05) is 0 Å². The van der Waals surface area contributed by atoms with Crippen LogP contribution in [0.5, 0.6) is 0 Å². The molecule has 1 aromatic carbocycles. The lowest BCUT2D eigenvalue weighted by atomic mass is 9.81. The minimum Gasteiger partial charge on any atom is -0.324 e. The molecule has 9 heteroatoms. The Balaban J connectivity index is 1.69. The number of benzene rings is 1. The number of amides is 3. The first-order valence-electron chi connectivity index (χ1n) is 7.97. The maximum Gasteiger partial charge on any atom is 0.289 e. The number of imide groups is 1. The number of nitro groups is 1. The molecule has 1 heterocycles. The van der Waals surface area contributed by atoms with Crippen molar-refractivity contribution in [2.24, 2.45) is 11.8 Å². The van der Waals surface area contributed by atoms with E-state index in [0.717, 1.165) is 23.8 Å². The second-order valence-corrected chi connectivity index (χ2v) is 6.64. The molecule has 1 saturated carbocycles. The van der Waals surface area contributed by atoms with E-state index < -0.39 is 10.8 Å². The minimum absolute atomic E-state index is 0.0445. The molecule has 1 aromatic rings. The van der Waals surface area contributed by atoms with Gasteiger partial charge in [-0.15, -0.1) is 0 Å². The zero-order valence-corrected chi connectivity index (χ0v) is 14.0. The van der Waals surface area contributed by atoms with Gasteiger partial charge < -0.3 is 5.32 Å². The van der Waals surface area contributed by atoms with E-state index in [2.05, 4.69) is 5.32 Å². The summed E-state index contributed by atoms with van der Waals surface area (Å²) in [5.41, 5.74) is -0.156. The summed E-state index contributed by atoms with van der Waals surface area (Å²) < 4.78 is 0. The lowest BCUT2D eigenvalue weighted by Gasteiger charge is -2.19. The van der Waals surface area contributed by atoms with E-state index in [4.69, 9.17) is 11.6 Å². The van der Waals surface area contributed by atoms with Crippen LogP contribution in [0.25, 0.3) is 0 Å². The van der Waals surface area contributed by atoms with Gasteiger partial charge in [0, 0.05) is 11.8 Å². The van der Waals surface area contributed by atoms with Crippen LogP contribution in [0, 0.1) is 22.0 Å². The van der Waals surface area contributed by atoms with Gasteiger partial charge in [-0.1, -0.05) is 24.4 Å². The summed E-state index contributed by atoms with van der Waals surface area (Å²) in [6.45, 7) is -0.388. The standard InChI is InChI=1S/C16H16ClN3O5/c17-12-6-5-9(7-13(12)20(24)25)18-14(21)8-19-15(22)10-3-1-2-4-11(10)16(19)23/h5-7,10-11H,1-4,8H2,(H,18,21). The van der Waals surface area contributed by atoms with Gasteiger partial charge in [-0.3, -0.25) is 29.4 Å². The largest absolute Gasteiger partial charge is 0.324 e. The number of halogens is 1. The molecule has 1 aliphatic carbocycles. The van der Waals surface area contributed by atoms with Gasteiger partial charge in [0.15, 0.2) is 0 Å². The lowest BCUT2D eigenvalue weighted by Crippen LogP contribution is -2.38. The fraction of sp³-hybridized carbons (Fsp3) is 0.438. The van der Waals surface area contributed by atoms with Gasteiger partial charge in [-0.25, -0.2) is 0 Å². The molecular formula is C16H16ClN3O5. The van der Waals surface area contributed by atoms with Gasteiger partial charge in [0.1, 0.15) is 11.6 Å². The molecule has 0 aromatic heterocycles. The average molecular weight is 366 g/mol. The molecule has 1 aliphatic heterocycles. The molecule has 3 amide bonds. The number of carbonyl (C=O) groups is 3. The highest BCUT2D eigenvalue weighted by atomic mass is 35.5. The van der Waals surface area contributed by atoms with Crippen LogP contribution < -0.4 is 5.32 Å². The number of nitrogens with one attached hydrogen (secondary N) is 1. The number of rotatable bonds is 4. The van der Waals surface area contributed by atoms with E-state index in [9.17, 15) is 24.5 Å². The van der Waals surface area contributed by atoms with Crippen molar-refractivity contribution in [3.05, 3.63) is 33.3 Å². The minimum atomic E-state index is -0.657. The van der Waals surface area contributed by atoms with Crippen molar-refractivity contribution in [1.29, 1.82) is 0 Å². The van der Waals surface area contributed by atoms with Gasteiger partial charge in [0.2, 0.25) is 17.7 Å². The zero-order chi connectivity index (χ0) is 18.1. The first kappa shape index (κ1) is 17.3. The predicted octanol–water partition coefficient (Wildman–Crippen LogP) is 2.36. The Labute approximate surface area is 148 Å². The van der Waals surface area contributed by atoms with Crippen molar-refractivity contribution in [1.82, 2.24) is 4.90 Å². The quantitative estimate of drug-likeness (QED) is 0.500. The number of likely N-dealkylation sites (tertiary alicyclic amines) is 1. The maximum absolute atomic E-state index is 12.3. The molecule has 1 saturated heterocycles. The van der Waals surface area contributed by atoms with Gasteiger partial charge >= 0.3 is 0 Å². The number of carbonyl (C=O) groups excluding carboxylic acids is 3. The normalized spacial score (nSPS) is 22.7. The predicted molar refractivity (Wildman–Crippen MR) is 88.9 cm³/mol. The number of fused-ring (bicyclic) bond motifs is 1. The van der Waals surface area contributed by atoms with Crippen LogP contribution in [0.15, 0.2) is 18.2 Å². The van der Waals surface area contributed by atoms with Crippen molar-refractivity contribution in [2.45, 2.75) is 25.7 Å². The highest BCUT2D eigenvalue weighted by Gasteiger charge is 2.48. The smallest absolute Gasteiger partial charge is 0.289 e. The van der Waals surface area contributed by atoms with Crippen LogP contribution in [0.2, 0.25) is 5.02 Å². The molecule has 0 bridgehead atoms.